The zero-order valence-electron chi connectivity index (χ0n) is 9.79. The Balaban J connectivity index is 2.37. The van der Waals surface area contributed by atoms with Crippen molar-refractivity contribution < 1.29 is 19.2 Å². The van der Waals surface area contributed by atoms with Gasteiger partial charge in [-0.05, 0) is 17.7 Å². The van der Waals surface area contributed by atoms with Crippen molar-refractivity contribution in [3.63, 3.8) is 0 Å². The van der Waals surface area contributed by atoms with E-state index in [-0.39, 0.29) is 6.54 Å². The number of carboxylic acids is 1. The van der Waals surface area contributed by atoms with E-state index in [0.29, 0.717) is 10.0 Å². The molecule has 0 unspecified atom stereocenters. The Morgan fingerprint density at radius 3 is 2.75 bits per heavy atom. The van der Waals surface area contributed by atoms with Crippen molar-refractivity contribution in [2.24, 2.45) is 0 Å². The van der Waals surface area contributed by atoms with Crippen LogP contribution in [0.25, 0.3) is 0 Å². The molecule has 0 aliphatic rings. The van der Waals surface area contributed by atoms with Crippen molar-refractivity contribution in [3.05, 3.63) is 56.1 Å². The zero-order chi connectivity index (χ0) is 14.9. The first-order valence-corrected chi connectivity index (χ1v) is 6.07. The Bertz CT molecular complexity index is 669. The topological polar surface area (TPSA) is 98.3 Å². The number of hydrogen-bond donors (Lipinski definition) is 1. The van der Waals surface area contributed by atoms with E-state index in [1.807, 2.05) is 0 Å². The molecule has 2 aromatic rings. The number of hydrogen-bond acceptors (Lipinski definition) is 4. The molecule has 0 aliphatic carbocycles. The summed E-state index contributed by atoms with van der Waals surface area (Å²) in [7, 11) is 0. The summed E-state index contributed by atoms with van der Waals surface area (Å²) in [5, 5.41) is 23.2. The highest BCUT2D eigenvalue weighted by molar-refractivity contribution is 9.10. The number of nitro groups is 1. The zero-order valence-corrected chi connectivity index (χ0v) is 11.4. The van der Waals surface area contributed by atoms with Gasteiger partial charge in [-0.15, -0.1) is 0 Å². The van der Waals surface area contributed by atoms with Crippen LogP contribution in [0.5, 0.6) is 0 Å². The molecular weight excluding hydrogens is 337 g/mol. The van der Waals surface area contributed by atoms with Crippen molar-refractivity contribution in [1.29, 1.82) is 0 Å². The van der Waals surface area contributed by atoms with Gasteiger partial charge in [0.2, 0.25) is 5.69 Å². The van der Waals surface area contributed by atoms with Gasteiger partial charge in [-0.1, -0.05) is 22.0 Å². The van der Waals surface area contributed by atoms with E-state index < -0.39 is 28.1 Å². The molecule has 0 bridgehead atoms. The third-order valence-corrected chi connectivity index (χ3v) is 3.23. The first-order valence-electron chi connectivity index (χ1n) is 5.27. The normalized spacial score (nSPS) is 10.5. The number of nitrogens with zero attached hydrogens (tertiary/aromatic N) is 3. The monoisotopic (exact) mass is 343 g/mol. The van der Waals surface area contributed by atoms with Gasteiger partial charge in [0.25, 0.3) is 0 Å². The Labute approximate surface area is 119 Å². The summed E-state index contributed by atoms with van der Waals surface area (Å²) in [6, 6.07) is 3.95. The van der Waals surface area contributed by atoms with Crippen molar-refractivity contribution in [2.75, 3.05) is 0 Å². The standard InChI is InChI=1S/C11H7BrFN3O4/c12-8-3-7(13)2-1-6(8)4-15-5-9(16(19)20)10(14-15)11(17)18/h1-3,5H,4H2,(H,17,18). The second-order valence-electron chi connectivity index (χ2n) is 3.86. The third-order valence-electron chi connectivity index (χ3n) is 2.49. The van der Waals surface area contributed by atoms with Gasteiger partial charge in [0, 0.05) is 4.47 Å². The Morgan fingerprint density at radius 1 is 1.55 bits per heavy atom. The van der Waals surface area contributed by atoms with E-state index in [2.05, 4.69) is 21.0 Å². The summed E-state index contributed by atoms with van der Waals surface area (Å²) in [4.78, 5) is 20.8. The van der Waals surface area contributed by atoms with Crippen LogP contribution in [0.1, 0.15) is 16.1 Å². The average Bonchev–Trinajstić information content (AvgIpc) is 2.77. The van der Waals surface area contributed by atoms with Crippen LogP contribution in [-0.2, 0) is 6.54 Å². The summed E-state index contributed by atoms with van der Waals surface area (Å²) in [6.07, 6.45) is 1.03. The highest BCUT2D eigenvalue weighted by Crippen LogP contribution is 2.21. The Kier molecular flexibility index (Phi) is 3.79. The van der Waals surface area contributed by atoms with E-state index in [1.165, 1.54) is 18.2 Å². The van der Waals surface area contributed by atoms with Crippen molar-refractivity contribution in [3.8, 4) is 0 Å². The molecule has 0 fully saturated rings. The van der Waals surface area contributed by atoms with Crippen molar-refractivity contribution in [1.82, 2.24) is 9.78 Å². The molecule has 1 aromatic heterocycles. The van der Waals surface area contributed by atoms with Gasteiger partial charge in [0.1, 0.15) is 12.0 Å². The van der Waals surface area contributed by atoms with Crippen LogP contribution in [0.15, 0.2) is 28.9 Å². The SMILES string of the molecule is O=C(O)c1nn(Cc2ccc(F)cc2Br)cc1[N+](=O)[O-]. The van der Waals surface area contributed by atoms with Gasteiger partial charge >= 0.3 is 11.7 Å². The number of halogens is 2. The van der Waals surface area contributed by atoms with Gasteiger partial charge < -0.3 is 5.11 Å². The molecule has 0 aliphatic heterocycles. The molecule has 7 nitrogen and oxygen atoms in total. The van der Waals surface area contributed by atoms with E-state index in [4.69, 9.17) is 5.11 Å². The molecule has 1 aromatic carbocycles. The minimum Gasteiger partial charge on any atom is -0.476 e. The third kappa shape index (κ3) is 2.82. The molecule has 0 amide bonds. The lowest BCUT2D eigenvalue weighted by atomic mass is 10.2. The largest absolute Gasteiger partial charge is 0.476 e. The molecule has 104 valence electrons. The second kappa shape index (κ2) is 5.37. The minimum atomic E-state index is -1.48. The maximum atomic E-state index is 12.9. The quantitative estimate of drug-likeness (QED) is 0.679. The van der Waals surface area contributed by atoms with Gasteiger partial charge in [-0.3, -0.25) is 14.8 Å². The van der Waals surface area contributed by atoms with Gasteiger partial charge in [0.05, 0.1) is 11.5 Å². The molecule has 0 radical (unpaired) electrons. The van der Waals surface area contributed by atoms with E-state index >= 15 is 0 Å². The highest BCUT2D eigenvalue weighted by atomic mass is 79.9. The molecule has 0 atom stereocenters. The Hall–Kier alpha value is -2.29. The van der Waals surface area contributed by atoms with Gasteiger partial charge in [0.15, 0.2) is 0 Å². The van der Waals surface area contributed by atoms with Crippen LogP contribution in [-0.4, -0.2) is 25.8 Å². The number of carboxylic acid groups (broad SMARTS) is 1. The fourth-order valence-corrected chi connectivity index (χ4v) is 2.08. The van der Waals surface area contributed by atoms with Crippen molar-refractivity contribution in [2.45, 2.75) is 6.54 Å². The summed E-state index contributed by atoms with van der Waals surface area (Å²) in [6.45, 7) is 0.0784. The molecule has 9 heteroatoms. The van der Waals surface area contributed by atoms with Crippen LogP contribution < -0.4 is 0 Å². The smallest absolute Gasteiger partial charge is 0.363 e. The van der Waals surface area contributed by atoms with E-state index in [1.54, 1.807) is 0 Å². The number of carbonyl (C=O) groups is 1. The van der Waals surface area contributed by atoms with Crippen LogP contribution >= 0.6 is 15.9 Å². The summed E-state index contributed by atoms with van der Waals surface area (Å²) in [5.41, 5.74) is -0.607. The highest BCUT2D eigenvalue weighted by Gasteiger charge is 2.25. The lowest BCUT2D eigenvalue weighted by Gasteiger charge is -2.04. The molecule has 1 heterocycles. The average molecular weight is 344 g/mol. The molecule has 2 rings (SSSR count). The molecule has 0 saturated carbocycles. The summed E-state index contributed by atoms with van der Waals surface area (Å²) in [5.74, 6) is -1.91. The molecular formula is C11H7BrFN3O4. The Morgan fingerprint density at radius 2 is 2.25 bits per heavy atom. The maximum Gasteiger partial charge on any atom is 0.363 e. The fraction of sp³-hybridized carbons (Fsp3) is 0.0909. The predicted octanol–water partition coefficient (Wildman–Crippen LogP) is 2.44. The number of aromatic nitrogens is 2. The van der Waals surface area contributed by atoms with Crippen LogP contribution in [0.3, 0.4) is 0 Å². The predicted molar refractivity (Wildman–Crippen MR) is 69.0 cm³/mol. The molecule has 0 spiro atoms. The second-order valence-corrected chi connectivity index (χ2v) is 4.71. The van der Waals surface area contributed by atoms with Crippen molar-refractivity contribution >= 4 is 27.6 Å². The van der Waals surface area contributed by atoms with Crippen LogP contribution in [0, 0.1) is 15.9 Å². The fourth-order valence-electron chi connectivity index (χ4n) is 1.60. The van der Waals surface area contributed by atoms with Crippen LogP contribution in [0.2, 0.25) is 0 Å². The van der Waals surface area contributed by atoms with Crippen LogP contribution in [0.4, 0.5) is 10.1 Å². The first kappa shape index (κ1) is 14.1. The number of aromatic carboxylic acids is 1. The lowest BCUT2D eigenvalue weighted by molar-refractivity contribution is -0.385. The van der Waals surface area contributed by atoms with E-state index in [0.717, 1.165) is 10.9 Å². The minimum absolute atomic E-state index is 0.0784. The molecule has 1 N–H and O–H groups in total. The summed E-state index contributed by atoms with van der Waals surface area (Å²) < 4.78 is 14.5. The number of benzene rings is 1. The molecule has 20 heavy (non-hydrogen) atoms. The molecule has 0 saturated heterocycles. The number of rotatable bonds is 4. The summed E-state index contributed by atoms with van der Waals surface area (Å²) >= 11 is 3.16. The van der Waals surface area contributed by atoms with E-state index in [9.17, 15) is 19.3 Å². The van der Waals surface area contributed by atoms with Gasteiger partial charge in [-0.25, -0.2) is 9.18 Å². The first-order chi connectivity index (χ1) is 9.38. The van der Waals surface area contributed by atoms with Gasteiger partial charge in [-0.2, -0.15) is 5.10 Å². The lowest BCUT2D eigenvalue weighted by Crippen LogP contribution is -2.05. The maximum absolute atomic E-state index is 12.9.